The van der Waals surface area contributed by atoms with Crippen LogP contribution in [0.25, 0.3) is 0 Å². The lowest BCUT2D eigenvalue weighted by atomic mass is 9.98. The Morgan fingerprint density at radius 2 is 1.56 bits per heavy atom. The molecule has 2 aromatic carbocycles. The SMILES string of the molecule is CCOC(=O)c1ccc(S(=O)(=O)N2CCC(C(=O)OCCOc3cc(C)cc(C)c3)CC2)cc1. The molecule has 0 aromatic heterocycles. The maximum Gasteiger partial charge on any atom is 0.338 e. The largest absolute Gasteiger partial charge is 0.490 e. The number of ether oxygens (including phenoxy) is 3. The first-order valence-corrected chi connectivity index (χ1v) is 12.8. The average molecular weight is 490 g/mol. The normalized spacial score (nSPS) is 15.0. The van der Waals surface area contributed by atoms with Crippen LogP contribution < -0.4 is 4.74 Å². The van der Waals surface area contributed by atoms with Gasteiger partial charge in [0.25, 0.3) is 0 Å². The molecule has 0 N–H and O–H groups in total. The van der Waals surface area contributed by atoms with Gasteiger partial charge in [0.2, 0.25) is 10.0 Å². The third-order valence-corrected chi connectivity index (χ3v) is 7.49. The highest BCUT2D eigenvalue weighted by molar-refractivity contribution is 7.89. The van der Waals surface area contributed by atoms with Crippen molar-refractivity contribution in [2.75, 3.05) is 32.9 Å². The monoisotopic (exact) mass is 489 g/mol. The molecule has 8 nitrogen and oxygen atoms in total. The summed E-state index contributed by atoms with van der Waals surface area (Å²) in [5, 5.41) is 0. The number of hydrogen-bond acceptors (Lipinski definition) is 7. The molecule has 0 amide bonds. The molecule has 1 saturated heterocycles. The van der Waals surface area contributed by atoms with E-state index < -0.39 is 16.0 Å². The third-order valence-electron chi connectivity index (χ3n) is 5.58. The Kier molecular flexibility index (Phi) is 8.68. The van der Waals surface area contributed by atoms with Gasteiger partial charge in [-0.1, -0.05) is 6.07 Å². The zero-order valence-corrected chi connectivity index (χ0v) is 20.6. The summed E-state index contributed by atoms with van der Waals surface area (Å²) in [4.78, 5) is 24.3. The summed E-state index contributed by atoms with van der Waals surface area (Å²) in [6.07, 6.45) is 0.772. The Morgan fingerprint density at radius 1 is 0.941 bits per heavy atom. The van der Waals surface area contributed by atoms with Gasteiger partial charge in [-0.25, -0.2) is 13.2 Å². The molecule has 1 heterocycles. The fourth-order valence-electron chi connectivity index (χ4n) is 3.89. The van der Waals surface area contributed by atoms with Crippen LogP contribution in [-0.2, 0) is 24.3 Å². The van der Waals surface area contributed by atoms with Crippen LogP contribution in [-0.4, -0.2) is 57.6 Å². The standard InChI is InChI=1S/C25H31NO7S/c1-4-31-24(27)20-5-7-23(8-6-20)34(29,30)26-11-9-21(10-12-26)25(28)33-14-13-32-22-16-18(2)15-19(3)17-22/h5-8,15-17,21H,4,9-14H2,1-3H3. The molecular weight excluding hydrogens is 458 g/mol. The number of benzene rings is 2. The maximum absolute atomic E-state index is 12.9. The molecule has 1 aliphatic heterocycles. The van der Waals surface area contributed by atoms with E-state index in [1.54, 1.807) is 6.92 Å². The predicted molar refractivity (Wildman–Crippen MR) is 126 cm³/mol. The van der Waals surface area contributed by atoms with Gasteiger partial charge in [0, 0.05) is 13.1 Å². The molecule has 0 radical (unpaired) electrons. The van der Waals surface area contributed by atoms with E-state index in [0.29, 0.717) is 18.4 Å². The van der Waals surface area contributed by atoms with Crippen LogP contribution in [0, 0.1) is 19.8 Å². The molecule has 0 unspecified atom stereocenters. The molecular formula is C25H31NO7S. The summed E-state index contributed by atoms with van der Waals surface area (Å²) in [6, 6.07) is 11.6. The van der Waals surface area contributed by atoms with E-state index in [-0.39, 0.29) is 49.7 Å². The number of sulfonamides is 1. The number of piperidine rings is 1. The summed E-state index contributed by atoms with van der Waals surface area (Å²) in [5.74, 6) is -0.439. The number of esters is 2. The van der Waals surface area contributed by atoms with Crippen molar-refractivity contribution in [3.8, 4) is 5.75 Å². The van der Waals surface area contributed by atoms with E-state index in [9.17, 15) is 18.0 Å². The van der Waals surface area contributed by atoms with Gasteiger partial charge in [-0.2, -0.15) is 4.31 Å². The summed E-state index contributed by atoms with van der Waals surface area (Å²) in [7, 11) is -3.72. The van der Waals surface area contributed by atoms with Gasteiger partial charge in [-0.15, -0.1) is 0 Å². The Bertz CT molecular complexity index is 1080. The van der Waals surface area contributed by atoms with E-state index in [1.165, 1.54) is 28.6 Å². The molecule has 1 fully saturated rings. The lowest BCUT2D eigenvalue weighted by Gasteiger charge is -2.30. The highest BCUT2D eigenvalue weighted by atomic mass is 32.2. The number of hydrogen-bond donors (Lipinski definition) is 0. The van der Waals surface area contributed by atoms with Crippen LogP contribution in [0.3, 0.4) is 0 Å². The van der Waals surface area contributed by atoms with Gasteiger partial charge in [-0.05, 0) is 81.1 Å². The van der Waals surface area contributed by atoms with Crippen LogP contribution in [0.15, 0.2) is 47.4 Å². The average Bonchev–Trinajstić information content (AvgIpc) is 2.81. The van der Waals surface area contributed by atoms with Gasteiger partial charge in [0.15, 0.2) is 0 Å². The van der Waals surface area contributed by atoms with Crippen LogP contribution in [0.4, 0.5) is 0 Å². The molecule has 34 heavy (non-hydrogen) atoms. The van der Waals surface area contributed by atoms with E-state index in [4.69, 9.17) is 14.2 Å². The van der Waals surface area contributed by atoms with Crippen molar-refractivity contribution in [1.82, 2.24) is 4.31 Å². The summed E-state index contributed by atoms with van der Waals surface area (Å²) in [5.41, 5.74) is 2.50. The van der Waals surface area contributed by atoms with E-state index in [2.05, 4.69) is 6.07 Å². The second kappa shape index (κ2) is 11.5. The fourth-order valence-corrected chi connectivity index (χ4v) is 5.36. The minimum absolute atomic E-state index is 0.102. The number of aryl methyl sites for hydroxylation is 2. The highest BCUT2D eigenvalue weighted by Crippen LogP contribution is 2.25. The smallest absolute Gasteiger partial charge is 0.338 e. The predicted octanol–water partition coefficient (Wildman–Crippen LogP) is 3.50. The van der Waals surface area contributed by atoms with Crippen molar-refractivity contribution < 1.29 is 32.2 Å². The Hall–Kier alpha value is -2.91. The molecule has 0 saturated carbocycles. The van der Waals surface area contributed by atoms with E-state index >= 15 is 0 Å². The Balaban J connectivity index is 1.46. The maximum atomic E-state index is 12.9. The van der Waals surface area contributed by atoms with Crippen molar-refractivity contribution in [3.05, 3.63) is 59.2 Å². The quantitative estimate of drug-likeness (QED) is 0.393. The zero-order valence-electron chi connectivity index (χ0n) is 19.8. The van der Waals surface area contributed by atoms with Crippen LogP contribution >= 0.6 is 0 Å². The van der Waals surface area contributed by atoms with Crippen molar-refractivity contribution in [3.63, 3.8) is 0 Å². The van der Waals surface area contributed by atoms with E-state index in [0.717, 1.165) is 16.9 Å². The Morgan fingerprint density at radius 3 is 2.15 bits per heavy atom. The third kappa shape index (κ3) is 6.57. The van der Waals surface area contributed by atoms with Crippen molar-refractivity contribution in [2.45, 2.75) is 38.5 Å². The molecule has 0 atom stereocenters. The molecule has 0 spiro atoms. The topological polar surface area (TPSA) is 99.2 Å². The summed E-state index contributed by atoms with van der Waals surface area (Å²) in [6.45, 7) is 6.77. The number of nitrogens with zero attached hydrogens (tertiary/aromatic N) is 1. The van der Waals surface area contributed by atoms with E-state index in [1.807, 2.05) is 26.0 Å². The lowest BCUT2D eigenvalue weighted by Crippen LogP contribution is -2.40. The fraction of sp³-hybridized carbons (Fsp3) is 0.440. The summed E-state index contributed by atoms with van der Waals surface area (Å²) >= 11 is 0. The zero-order chi connectivity index (χ0) is 24.7. The Labute approximate surface area is 200 Å². The van der Waals surface area contributed by atoms with Gasteiger partial charge in [0.05, 0.1) is 23.0 Å². The second-order valence-corrected chi connectivity index (χ2v) is 10.2. The first-order valence-electron chi connectivity index (χ1n) is 11.4. The van der Waals surface area contributed by atoms with Crippen LogP contribution in [0.1, 0.15) is 41.3 Å². The molecule has 184 valence electrons. The molecule has 0 bridgehead atoms. The first-order chi connectivity index (χ1) is 16.2. The molecule has 9 heteroatoms. The highest BCUT2D eigenvalue weighted by Gasteiger charge is 2.32. The number of carbonyl (C=O) groups excluding carboxylic acids is 2. The van der Waals surface area contributed by atoms with Crippen molar-refractivity contribution >= 4 is 22.0 Å². The molecule has 0 aliphatic carbocycles. The molecule has 1 aliphatic rings. The van der Waals surface area contributed by atoms with Gasteiger partial charge in [0.1, 0.15) is 19.0 Å². The van der Waals surface area contributed by atoms with Gasteiger partial charge in [-0.3, -0.25) is 4.79 Å². The van der Waals surface area contributed by atoms with Crippen LogP contribution in [0.2, 0.25) is 0 Å². The second-order valence-electron chi connectivity index (χ2n) is 8.26. The molecule has 3 rings (SSSR count). The first kappa shape index (κ1) is 25.7. The minimum Gasteiger partial charge on any atom is -0.490 e. The lowest BCUT2D eigenvalue weighted by molar-refractivity contribution is -0.150. The number of rotatable bonds is 9. The van der Waals surface area contributed by atoms with Gasteiger partial charge < -0.3 is 14.2 Å². The van der Waals surface area contributed by atoms with Crippen molar-refractivity contribution in [1.29, 1.82) is 0 Å². The summed E-state index contributed by atoms with van der Waals surface area (Å²) < 4.78 is 43.2. The van der Waals surface area contributed by atoms with Crippen LogP contribution in [0.5, 0.6) is 5.75 Å². The molecule has 2 aromatic rings. The number of carbonyl (C=O) groups is 2. The minimum atomic E-state index is -3.72. The van der Waals surface area contributed by atoms with Gasteiger partial charge >= 0.3 is 11.9 Å². The van der Waals surface area contributed by atoms with Crippen molar-refractivity contribution in [2.24, 2.45) is 5.92 Å².